The normalized spacial score (nSPS) is 11.7. The van der Waals surface area contributed by atoms with Crippen molar-refractivity contribution in [3.8, 4) is 0 Å². The van der Waals surface area contributed by atoms with E-state index in [0.717, 1.165) is 30.3 Å². The van der Waals surface area contributed by atoms with Crippen LogP contribution < -0.4 is 14.3 Å². The predicted octanol–water partition coefficient (Wildman–Crippen LogP) is 8.84. The molecular formula is C25H15Cl6N3O5S2. The number of anilines is 3. The van der Waals surface area contributed by atoms with Crippen LogP contribution in [0.1, 0.15) is 0 Å². The highest BCUT2D eigenvalue weighted by atomic mass is 35.5. The first-order valence-corrected chi connectivity index (χ1v) is 16.2. The molecule has 4 rings (SSSR count). The first-order valence-electron chi connectivity index (χ1n) is 11.0. The van der Waals surface area contributed by atoms with Gasteiger partial charge in [0.15, 0.2) is 0 Å². The Morgan fingerprint density at radius 3 is 1.37 bits per heavy atom. The number of hydrogen-bond donors (Lipinski definition) is 2. The van der Waals surface area contributed by atoms with Crippen molar-refractivity contribution in [3.05, 3.63) is 109 Å². The number of nitrogens with one attached hydrogen (secondary N) is 2. The summed E-state index contributed by atoms with van der Waals surface area (Å²) in [5.41, 5.74) is -0.0452. The maximum absolute atomic E-state index is 13.9. The third kappa shape index (κ3) is 7.52. The first kappa shape index (κ1) is 31.5. The van der Waals surface area contributed by atoms with Crippen LogP contribution in [0.15, 0.2) is 88.7 Å². The van der Waals surface area contributed by atoms with Crippen molar-refractivity contribution in [1.82, 2.24) is 0 Å². The summed E-state index contributed by atoms with van der Waals surface area (Å²) >= 11 is 36.0. The molecule has 0 saturated carbocycles. The number of carbonyl (C=O) groups excluding carboxylic acids is 1. The SMILES string of the molecule is O=C(Nc1cc(Cl)cc(Cl)c1)Nc1cccc(N(S(=O)(=O)c2cc(Cl)cc(Cl)c2)S(=O)(=O)c2cc(Cl)cc(Cl)c2)c1. The van der Waals surface area contributed by atoms with E-state index in [0.29, 0.717) is 0 Å². The Morgan fingerprint density at radius 2 is 0.927 bits per heavy atom. The third-order valence-electron chi connectivity index (χ3n) is 5.14. The smallest absolute Gasteiger partial charge is 0.308 e. The highest BCUT2D eigenvalue weighted by Crippen LogP contribution is 2.35. The molecule has 0 spiro atoms. The molecule has 0 aliphatic heterocycles. The summed E-state index contributed by atoms with van der Waals surface area (Å²) in [4.78, 5) is 11.6. The molecule has 0 heterocycles. The lowest BCUT2D eigenvalue weighted by Gasteiger charge is -2.25. The Kier molecular flexibility index (Phi) is 9.57. The van der Waals surface area contributed by atoms with Gasteiger partial charge in [-0.25, -0.2) is 21.6 Å². The molecule has 0 atom stereocenters. The Bertz CT molecular complexity index is 1750. The molecule has 4 aromatic carbocycles. The highest BCUT2D eigenvalue weighted by molar-refractivity contribution is 8.10. The van der Waals surface area contributed by atoms with Crippen LogP contribution in [0.25, 0.3) is 0 Å². The summed E-state index contributed by atoms with van der Waals surface area (Å²) < 4.78 is 55.8. The summed E-state index contributed by atoms with van der Waals surface area (Å²) in [6.07, 6.45) is 0. The number of carbonyl (C=O) groups is 1. The molecule has 0 unspecified atom stereocenters. The minimum absolute atomic E-state index is 0.0387. The Hall–Kier alpha value is -2.41. The van der Waals surface area contributed by atoms with E-state index >= 15 is 0 Å². The van der Waals surface area contributed by atoms with E-state index in [-0.39, 0.29) is 50.9 Å². The Labute approximate surface area is 265 Å². The molecule has 4 aromatic rings. The molecule has 214 valence electrons. The standard InChI is InChI=1S/C25H15Cl6N3O5S2/c26-14-4-15(27)8-21(7-14)33-25(35)32-20-2-1-3-22(13-20)34(40(36,37)23-9-16(28)5-17(29)10-23)41(38,39)24-11-18(30)6-19(31)12-24/h1-13H,(H2,32,33,35). The number of hydrogen-bond acceptors (Lipinski definition) is 5. The van der Waals surface area contributed by atoms with E-state index in [1.54, 1.807) is 0 Å². The van der Waals surface area contributed by atoms with E-state index in [2.05, 4.69) is 10.6 Å². The molecule has 0 fully saturated rings. The van der Waals surface area contributed by atoms with E-state index in [1.807, 2.05) is 0 Å². The molecule has 0 aromatic heterocycles. The monoisotopic (exact) mass is 711 g/mol. The summed E-state index contributed by atoms with van der Waals surface area (Å²) in [6, 6.07) is 15.5. The second-order valence-electron chi connectivity index (χ2n) is 8.21. The zero-order chi connectivity index (χ0) is 30.1. The number of urea groups is 1. The molecule has 2 amide bonds. The predicted molar refractivity (Wildman–Crippen MR) is 165 cm³/mol. The van der Waals surface area contributed by atoms with Crippen LogP contribution in [-0.4, -0.2) is 22.9 Å². The van der Waals surface area contributed by atoms with Crippen molar-refractivity contribution in [2.24, 2.45) is 0 Å². The summed E-state index contributed by atoms with van der Waals surface area (Å²) in [5, 5.41) is 5.40. The first-order chi connectivity index (χ1) is 19.1. The Balaban J connectivity index is 1.81. The van der Waals surface area contributed by atoms with E-state index < -0.39 is 35.9 Å². The van der Waals surface area contributed by atoms with Gasteiger partial charge < -0.3 is 10.6 Å². The van der Waals surface area contributed by atoms with E-state index in [4.69, 9.17) is 69.6 Å². The molecule has 41 heavy (non-hydrogen) atoms. The van der Waals surface area contributed by atoms with Crippen molar-refractivity contribution in [3.63, 3.8) is 0 Å². The fourth-order valence-corrected chi connectivity index (χ4v) is 9.23. The maximum Gasteiger partial charge on any atom is 0.323 e. The topological polar surface area (TPSA) is 113 Å². The molecular weight excluding hydrogens is 699 g/mol. The fourth-order valence-electron chi connectivity index (χ4n) is 3.57. The van der Waals surface area contributed by atoms with Crippen molar-refractivity contribution in [1.29, 1.82) is 0 Å². The van der Waals surface area contributed by atoms with Crippen LogP contribution in [0, 0.1) is 0 Å². The van der Waals surface area contributed by atoms with Gasteiger partial charge in [-0.3, -0.25) is 0 Å². The molecule has 16 heteroatoms. The number of rotatable bonds is 7. The third-order valence-corrected chi connectivity index (χ3v) is 10.6. The summed E-state index contributed by atoms with van der Waals surface area (Å²) in [6.45, 7) is 0. The number of halogens is 6. The molecule has 8 nitrogen and oxygen atoms in total. The lowest BCUT2D eigenvalue weighted by Crippen LogP contribution is -2.37. The highest BCUT2D eigenvalue weighted by Gasteiger charge is 2.38. The summed E-state index contributed by atoms with van der Waals surface area (Å²) in [5.74, 6) is 0. The van der Waals surface area contributed by atoms with Crippen LogP contribution in [0.2, 0.25) is 30.1 Å². The van der Waals surface area contributed by atoms with Crippen LogP contribution in [0.5, 0.6) is 0 Å². The van der Waals surface area contributed by atoms with Gasteiger partial charge in [0.25, 0.3) is 20.0 Å². The molecule has 0 aliphatic rings. The van der Waals surface area contributed by atoms with E-state index in [1.165, 1.54) is 48.5 Å². The van der Waals surface area contributed by atoms with Crippen molar-refractivity contribution < 1.29 is 21.6 Å². The molecule has 2 N–H and O–H groups in total. The zero-order valence-corrected chi connectivity index (χ0v) is 26.2. The van der Waals surface area contributed by atoms with Gasteiger partial charge in [-0.15, -0.1) is 0 Å². The minimum atomic E-state index is -4.90. The lowest BCUT2D eigenvalue weighted by molar-refractivity contribution is 0.262. The Morgan fingerprint density at radius 1 is 0.537 bits per heavy atom. The van der Waals surface area contributed by atoms with Crippen LogP contribution in [0.3, 0.4) is 0 Å². The average Bonchev–Trinajstić information content (AvgIpc) is 2.82. The molecule has 0 radical (unpaired) electrons. The number of nitrogens with zero attached hydrogens (tertiary/aromatic N) is 1. The minimum Gasteiger partial charge on any atom is -0.308 e. The average molecular weight is 714 g/mol. The molecule has 0 bridgehead atoms. The largest absolute Gasteiger partial charge is 0.323 e. The number of amides is 2. The van der Waals surface area contributed by atoms with Gasteiger partial charge >= 0.3 is 6.03 Å². The van der Waals surface area contributed by atoms with Crippen molar-refractivity contribution in [2.45, 2.75) is 9.79 Å². The van der Waals surface area contributed by atoms with Crippen molar-refractivity contribution in [2.75, 3.05) is 14.3 Å². The van der Waals surface area contributed by atoms with E-state index in [9.17, 15) is 21.6 Å². The van der Waals surface area contributed by atoms with Gasteiger partial charge in [-0.05, 0) is 72.8 Å². The van der Waals surface area contributed by atoms with Gasteiger partial charge in [-0.1, -0.05) is 75.7 Å². The van der Waals surface area contributed by atoms with Crippen molar-refractivity contribution >= 4 is 113 Å². The van der Waals surface area contributed by atoms with Gasteiger partial charge in [0.1, 0.15) is 0 Å². The van der Waals surface area contributed by atoms with Gasteiger partial charge in [-0.2, -0.15) is 3.71 Å². The number of benzene rings is 4. The maximum atomic E-state index is 13.9. The molecule has 0 aliphatic carbocycles. The zero-order valence-electron chi connectivity index (χ0n) is 20.1. The van der Waals surface area contributed by atoms with Gasteiger partial charge in [0.05, 0.1) is 15.5 Å². The van der Waals surface area contributed by atoms with Crippen LogP contribution in [0.4, 0.5) is 21.9 Å². The second kappa shape index (κ2) is 12.4. The van der Waals surface area contributed by atoms with Crippen LogP contribution >= 0.6 is 69.6 Å². The quantitative estimate of drug-likeness (QED) is 0.199. The lowest BCUT2D eigenvalue weighted by atomic mass is 10.3. The van der Waals surface area contributed by atoms with Crippen LogP contribution in [-0.2, 0) is 20.0 Å². The van der Waals surface area contributed by atoms with Gasteiger partial charge in [0.2, 0.25) is 0 Å². The fraction of sp³-hybridized carbons (Fsp3) is 0. The molecule has 0 saturated heterocycles. The number of sulfonamides is 2. The van der Waals surface area contributed by atoms with Gasteiger partial charge in [0, 0.05) is 41.5 Å². The summed E-state index contributed by atoms with van der Waals surface area (Å²) in [7, 11) is -9.80. The second-order valence-corrected chi connectivity index (χ2v) is 14.6.